The monoisotopic (exact) mass is 190 g/mol. The van der Waals surface area contributed by atoms with E-state index in [-0.39, 0.29) is 19.3 Å². The standard InChI is InChI=1S/C8H14O5/c1-2-3-7(11)13-8(12)5-4-6(9)10/h6,9-10H,2-5H2,1H3. The molecule has 0 spiro atoms. The first kappa shape index (κ1) is 12.1. The van der Waals surface area contributed by atoms with Crippen LogP contribution in [0.3, 0.4) is 0 Å². The zero-order chi connectivity index (χ0) is 10.3. The molecule has 0 aliphatic rings. The number of ether oxygens (including phenoxy) is 1. The van der Waals surface area contributed by atoms with Crippen LogP contribution in [0, 0.1) is 0 Å². The fourth-order valence-electron chi connectivity index (χ4n) is 0.680. The van der Waals surface area contributed by atoms with Crippen molar-refractivity contribution < 1.29 is 24.5 Å². The summed E-state index contributed by atoms with van der Waals surface area (Å²) in [5.41, 5.74) is 0. The number of hydrogen-bond donors (Lipinski definition) is 2. The number of rotatable bonds is 5. The summed E-state index contributed by atoms with van der Waals surface area (Å²) in [5, 5.41) is 16.8. The highest BCUT2D eigenvalue weighted by molar-refractivity contribution is 5.85. The molecule has 0 saturated heterocycles. The van der Waals surface area contributed by atoms with Crippen LogP contribution in [0.15, 0.2) is 0 Å². The van der Waals surface area contributed by atoms with Gasteiger partial charge in [-0.2, -0.15) is 0 Å². The minimum absolute atomic E-state index is 0.113. The van der Waals surface area contributed by atoms with Gasteiger partial charge in [0.05, 0.1) is 6.42 Å². The Labute approximate surface area is 76.3 Å². The van der Waals surface area contributed by atoms with E-state index in [2.05, 4.69) is 4.74 Å². The third-order valence-corrected chi connectivity index (χ3v) is 1.29. The van der Waals surface area contributed by atoms with Crippen molar-refractivity contribution in [2.75, 3.05) is 0 Å². The van der Waals surface area contributed by atoms with Gasteiger partial charge in [-0.1, -0.05) is 6.92 Å². The van der Waals surface area contributed by atoms with E-state index in [9.17, 15) is 9.59 Å². The van der Waals surface area contributed by atoms with Crippen LogP contribution >= 0.6 is 0 Å². The van der Waals surface area contributed by atoms with Gasteiger partial charge in [0.1, 0.15) is 0 Å². The van der Waals surface area contributed by atoms with Gasteiger partial charge in [0.25, 0.3) is 0 Å². The molecule has 0 amide bonds. The van der Waals surface area contributed by atoms with Gasteiger partial charge in [-0.3, -0.25) is 9.59 Å². The van der Waals surface area contributed by atoms with Crippen molar-refractivity contribution in [3.63, 3.8) is 0 Å². The lowest BCUT2D eigenvalue weighted by molar-refractivity contribution is -0.161. The fourth-order valence-corrected chi connectivity index (χ4v) is 0.680. The molecule has 0 aromatic carbocycles. The molecule has 5 nitrogen and oxygen atoms in total. The van der Waals surface area contributed by atoms with Crippen molar-refractivity contribution >= 4 is 11.9 Å². The molecule has 0 aliphatic carbocycles. The average molecular weight is 190 g/mol. The molecular formula is C8H14O5. The normalized spacial score (nSPS) is 10.2. The number of carbonyl (C=O) groups excluding carboxylic acids is 2. The Morgan fingerprint density at radius 1 is 1.23 bits per heavy atom. The topological polar surface area (TPSA) is 83.8 Å². The number of hydrogen-bond acceptors (Lipinski definition) is 5. The quantitative estimate of drug-likeness (QED) is 0.360. The molecule has 13 heavy (non-hydrogen) atoms. The minimum Gasteiger partial charge on any atom is -0.393 e. The Bertz CT molecular complexity index is 175. The lowest BCUT2D eigenvalue weighted by Gasteiger charge is -2.02. The molecule has 0 saturated carbocycles. The molecule has 0 rings (SSSR count). The number of aliphatic hydroxyl groups excluding tert-OH is 1. The Morgan fingerprint density at radius 3 is 2.23 bits per heavy atom. The van der Waals surface area contributed by atoms with Crippen LogP contribution in [-0.2, 0) is 14.3 Å². The van der Waals surface area contributed by atoms with E-state index < -0.39 is 18.2 Å². The smallest absolute Gasteiger partial charge is 0.313 e. The van der Waals surface area contributed by atoms with Gasteiger partial charge in [-0.25, -0.2) is 0 Å². The van der Waals surface area contributed by atoms with Crippen molar-refractivity contribution in [1.82, 2.24) is 0 Å². The van der Waals surface area contributed by atoms with E-state index in [0.29, 0.717) is 6.42 Å². The lowest BCUT2D eigenvalue weighted by Crippen LogP contribution is -2.14. The van der Waals surface area contributed by atoms with Crippen LogP contribution in [0.1, 0.15) is 32.6 Å². The molecule has 0 radical (unpaired) electrons. The third-order valence-electron chi connectivity index (χ3n) is 1.29. The van der Waals surface area contributed by atoms with Gasteiger partial charge in [0.15, 0.2) is 6.29 Å². The molecule has 5 heteroatoms. The molecule has 0 bridgehead atoms. The van der Waals surface area contributed by atoms with Gasteiger partial charge in [0, 0.05) is 12.8 Å². The van der Waals surface area contributed by atoms with E-state index in [1.54, 1.807) is 6.92 Å². The van der Waals surface area contributed by atoms with Crippen LogP contribution in [0.25, 0.3) is 0 Å². The van der Waals surface area contributed by atoms with Gasteiger partial charge in [-0.05, 0) is 6.42 Å². The van der Waals surface area contributed by atoms with Crippen LogP contribution in [0.4, 0.5) is 0 Å². The number of esters is 2. The van der Waals surface area contributed by atoms with Gasteiger partial charge in [-0.15, -0.1) is 0 Å². The molecule has 0 aromatic rings. The SMILES string of the molecule is CCCC(=O)OC(=O)CCC(O)O. The summed E-state index contributed by atoms with van der Waals surface area (Å²) >= 11 is 0. The second-order valence-corrected chi connectivity index (χ2v) is 2.62. The highest BCUT2D eigenvalue weighted by Crippen LogP contribution is 1.98. The summed E-state index contributed by atoms with van der Waals surface area (Å²) in [6.07, 6.45) is -0.984. The maximum atomic E-state index is 10.8. The zero-order valence-corrected chi connectivity index (χ0v) is 7.52. The van der Waals surface area contributed by atoms with E-state index in [1.807, 2.05) is 0 Å². The van der Waals surface area contributed by atoms with E-state index in [4.69, 9.17) is 10.2 Å². The first-order chi connectivity index (χ1) is 6.06. The highest BCUT2D eigenvalue weighted by Gasteiger charge is 2.10. The average Bonchev–Trinajstić information content (AvgIpc) is 2.01. The van der Waals surface area contributed by atoms with Gasteiger partial charge < -0.3 is 14.9 Å². The Balaban J connectivity index is 3.56. The molecule has 0 heterocycles. The molecule has 0 aromatic heterocycles. The first-order valence-electron chi connectivity index (χ1n) is 4.16. The minimum atomic E-state index is -1.53. The Morgan fingerprint density at radius 2 is 1.77 bits per heavy atom. The maximum absolute atomic E-state index is 10.8. The molecule has 0 unspecified atom stereocenters. The number of carbonyl (C=O) groups is 2. The van der Waals surface area contributed by atoms with E-state index in [0.717, 1.165) is 0 Å². The summed E-state index contributed by atoms with van der Waals surface area (Å²) in [6.45, 7) is 1.79. The van der Waals surface area contributed by atoms with Crippen LogP contribution < -0.4 is 0 Å². The largest absolute Gasteiger partial charge is 0.393 e. The zero-order valence-electron chi connectivity index (χ0n) is 7.52. The molecular weight excluding hydrogens is 176 g/mol. The van der Waals surface area contributed by atoms with Crippen LogP contribution in [0.5, 0.6) is 0 Å². The maximum Gasteiger partial charge on any atom is 0.313 e. The number of aliphatic hydroxyl groups is 2. The second kappa shape index (κ2) is 6.56. The van der Waals surface area contributed by atoms with Crippen molar-refractivity contribution in [3.05, 3.63) is 0 Å². The third kappa shape index (κ3) is 7.42. The molecule has 0 fully saturated rings. The van der Waals surface area contributed by atoms with Crippen LogP contribution in [-0.4, -0.2) is 28.4 Å². The summed E-state index contributed by atoms with van der Waals surface area (Å²) in [7, 11) is 0. The summed E-state index contributed by atoms with van der Waals surface area (Å²) in [5.74, 6) is -1.29. The van der Waals surface area contributed by atoms with Crippen molar-refractivity contribution in [2.24, 2.45) is 0 Å². The van der Waals surface area contributed by atoms with Crippen molar-refractivity contribution in [2.45, 2.75) is 38.9 Å². The van der Waals surface area contributed by atoms with Gasteiger partial charge in [0.2, 0.25) is 0 Å². The molecule has 0 aliphatic heterocycles. The first-order valence-corrected chi connectivity index (χ1v) is 4.16. The Kier molecular flexibility index (Phi) is 6.09. The van der Waals surface area contributed by atoms with E-state index >= 15 is 0 Å². The Hall–Kier alpha value is -0.940. The van der Waals surface area contributed by atoms with Crippen molar-refractivity contribution in [1.29, 1.82) is 0 Å². The van der Waals surface area contributed by atoms with Crippen LogP contribution in [0.2, 0.25) is 0 Å². The summed E-state index contributed by atoms with van der Waals surface area (Å²) < 4.78 is 4.34. The molecule has 76 valence electrons. The summed E-state index contributed by atoms with van der Waals surface area (Å²) in [4.78, 5) is 21.5. The fraction of sp³-hybridized carbons (Fsp3) is 0.750. The lowest BCUT2D eigenvalue weighted by atomic mass is 10.3. The second-order valence-electron chi connectivity index (χ2n) is 2.62. The van der Waals surface area contributed by atoms with Gasteiger partial charge >= 0.3 is 11.9 Å². The van der Waals surface area contributed by atoms with E-state index in [1.165, 1.54) is 0 Å². The predicted octanol–water partition coefficient (Wildman–Crippen LogP) is -0.0528. The highest BCUT2D eigenvalue weighted by atomic mass is 16.6. The molecule has 2 N–H and O–H groups in total. The predicted molar refractivity (Wildman–Crippen MR) is 43.5 cm³/mol. The molecule has 0 atom stereocenters. The summed E-state index contributed by atoms with van der Waals surface area (Å²) in [6, 6.07) is 0. The van der Waals surface area contributed by atoms with Crippen molar-refractivity contribution in [3.8, 4) is 0 Å².